The number of rotatable bonds is 5. The lowest BCUT2D eigenvalue weighted by Gasteiger charge is -2.21. The molecule has 1 N–H and O–H groups in total. The van der Waals surface area contributed by atoms with E-state index in [0.717, 1.165) is 6.42 Å². The Kier molecular flexibility index (Phi) is 5.51. The Bertz CT molecular complexity index is 87.6. The molecule has 0 heterocycles. The van der Waals surface area contributed by atoms with Gasteiger partial charge in [-0.25, -0.2) is 0 Å². The van der Waals surface area contributed by atoms with E-state index >= 15 is 0 Å². The molecule has 0 saturated heterocycles. The van der Waals surface area contributed by atoms with Crippen molar-refractivity contribution in [1.29, 1.82) is 0 Å². The Morgan fingerprint density at radius 2 is 1.82 bits per heavy atom. The van der Waals surface area contributed by atoms with Crippen LogP contribution in [0.2, 0.25) is 0 Å². The van der Waals surface area contributed by atoms with Crippen LogP contribution in [0.5, 0.6) is 0 Å². The van der Waals surface area contributed by atoms with Crippen molar-refractivity contribution in [3.8, 4) is 0 Å². The molecule has 0 aromatic rings. The fourth-order valence-corrected chi connectivity index (χ4v) is 1.38. The van der Waals surface area contributed by atoms with Gasteiger partial charge in [-0.15, -0.1) is 0 Å². The van der Waals surface area contributed by atoms with Gasteiger partial charge in [0.25, 0.3) is 0 Å². The maximum Gasteiger partial charge on any atom is 0.0827 e. The van der Waals surface area contributed by atoms with E-state index in [-0.39, 0.29) is 12.7 Å². The van der Waals surface area contributed by atoms with Gasteiger partial charge in [0.1, 0.15) is 0 Å². The molecule has 0 bridgehead atoms. The average molecular weight is 160 g/mol. The number of ether oxygens (including phenoxy) is 1. The van der Waals surface area contributed by atoms with Gasteiger partial charge in [0, 0.05) is 7.11 Å². The largest absolute Gasteiger partial charge is 0.394 e. The summed E-state index contributed by atoms with van der Waals surface area (Å²) in [5.41, 5.74) is 0. The second-order valence-electron chi connectivity index (χ2n) is 3.56. The molecule has 11 heavy (non-hydrogen) atoms. The first-order valence-electron chi connectivity index (χ1n) is 4.25. The van der Waals surface area contributed by atoms with Crippen LogP contribution < -0.4 is 0 Å². The van der Waals surface area contributed by atoms with Crippen molar-refractivity contribution in [3.63, 3.8) is 0 Å². The maximum absolute atomic E-state index is 8.88. The van der Waals surface area contributed by atoms with E-state index in [1.165, 1.54) is 0 Å². The molecule has 2 heteroatoms. The summed E-state index contributed by atoms with van der Waals surface area (Å²) in [6, 6.07) is 0. The first-order valence-corrected chi connectivity index (χ1v) is 4.25. The lowest BCUT2D eigenvalue weighted by molar-refractivity contribution is 0.00709. The van der Waals surface area contributed by atoms with Gasteiger partial charge >= 0.3 is 0 Å². The van der Waals surface area contributed by atoms with Gasteiger partial charge in [-0.05, 0) is 18.3 Å². The first-order chi connectivity index (χ1) is 5.11. The predicted octanol–water partition coefficient (Wildman–Crippen LogP) is 1.68. The monoisotopic (exact) mass is 160 g/mol. The van der Waals surface area contributed by atoms with Gasteiger partial charge in [-0.3, -0.25) is 0 Å². The third-order valence-corrected chi connectivity index (χ3v) is 1.96. The van der Waals surface area contributed by atoms with Crippen LogP contribution in [0.1, 0.15) is 27.2 Å². The molecule has 0 spiro atoms. The van der Waals surface area contributed by atoms with Gasteiger partial charge in [0.05, 0.1) is 12.7 Å². The van der Waals surface area contributed by atoms with Crippen LogP contribution in [0, 0.1) is 11.8 Å². The lowest BCUT2D eigenvalue weighted by atomic mass is 9.94. The van der Waals surface area contributed by atoms with E-state index in [0.29, 0.717) is 11.8 Å². The highest BCUT2D eigenvalue weighted by molar-refractivity contribution is 4.66. The highest BCUT2D eigenvalue weighted by Gasteiger charge is 2.16. The van der Waals surface area contributed by atoms with Crippen LogP contribution in [0.3, 0.4) is 0 Å². The third kappa shape index (κ3) is 4.38. The SMILES string of the molecule is COC(CO)C(C)CC(C)C. The molecule has 2 unspecified atom stereocenters. The van der Waals surface area contributed by atoms with Crippen molar-refractivity contribution < 1.29 is 9.84 Å². The smallest absolute Gasteiger partial charge is 0.0827 e. The van der Waals surface area contributed by atoms with Crippen molar-refractivity contribution in [3.05, 3.63) is 0 Å². The van der Waals surface area contributed by atoms with Crippen LogP contribution in [-0.2, 0) is 4.74 Å². The van der Waals surface area contributed by atoms with Crippen molar-refractivity contribution in [2.24, 2.45) is 11.8 Å². The summed E-state index contributed by atoms with van der Waals surface area (Å²) in [6.45, 7) is 6.61. The van der Waals surface area contributed by atoms with E-state index in [2.05, 4.69) is 20.8 Å². The van der Waals surface area contributed by atoms with Crippen LogP contribution in [0.15, 0.2) is 0 Å². The summed E-state index contributed by atoms with van der Waals surface area (Å²) >= 11 is 0. The Balaban J connectivity index is 3.68. The highest BCUT2D eigenvalue weighted by Crippen LogP contribution is 2.16. The molecule has 0 aromatic carbocycles. The zero-order chi connectivity index (χ0) is 8.85. The van der Waals surface area contributed by atoms with Crippen molar-refractivity contribution in [2.45, 2.75) is 33.3 Å². The van der Waals surface area contributed by atoms with Crippen LogP contribution in [0.25, 0.3) is 0 Å². The van der Waals surface area contributed by atoms with Crippen LogP contribution in [-0.4, -0.2) is 24.9 Å². The minimum absolute atomic E-state index is 0.0115. The fourth-order valence-electron chi connectivity index (χ4n) is 1.38. The lowest BCUT2D eigenvalue weighted by Crippen LogP contribution is -2.25. The second-order valence-corrected chi connectivity index (χ2v) is 3.56. The molecule has 0 aliphatic heterocycles. The molecule has 2 atom stereocenters. The summed E-state index contributed by atoms with van der Waals surface area (Å²) in [5, 5.41) is 8.88. The quantitative estimate of drug-likeness (QED) is 0.663. The second kappa shape index (κ2) is 5.56. The molecule has 0 amide bonds. The summed E-state index contributed by atoms with van der Waals surface area (Å²) in [4.78, 5) is 0. The molecule has 0 rings (SSSR count). The molecule has 2 nitrogen and oxygen atoms in total. The molecule has 0 fully saturated rings. The number of aliphatic hydroxyl groups is 1. The fraction of sp³-hybridized carbons (Fsp3) is 1.00. The standard InChI is InChI=1S/C9H20O2/c1-7(2)5-8(3)9(6-10)11-4/h7-10H,5-6H2,1-4H3. The van der Waals surface area contributed by atoms with E-state index in [9.17, 15) is 0 Å². The topological polar surface area (TPSA) is 29.5 Å². The zero-order valence-electron chi connectivity index (χ0n) is 8.00. The summed E-state index contributed by atoms with van der Waals surface area (Å²) < 4.78 is 5.11. The average Bonchev–Trinajstić information content (AvgIpc) is 1.88. The van der Waals surface area contributed by atoms with E-state index < -0.39 is 0 Å². The van der Waals surface area contributed by atoms with E-state index in [4.69, 9.17) is 9.84 Å². The Labute approximate surface area is 69.6 Å². The summed E-state index contributed by atoms with van der Waals surface area (Å²) in [7, 11) is 1.65. The molecule has 68 valence electrons. The Morgan fingerprint density at radius 3 is 2.09 bits per heavy atom. The molecule has 0 aromatic heterocycles. The van der Waals surface area contributed by atoms with Crippen LogP contribution in [0.4, 0.5) is 0 Å². The minimum Gasteiger partial charge on any atom is -0.394 e. The first kappa shape index (κ1) is 10.9. The number of methoxy groups -OCH3 is 1. The van der Waals surface area contributed by atoms with Crippen LogP contribution >= 0.6 is 0 Å². The predicted molar refractivity (Wildman–Crippen MR) is 46.5 cm³/mol. The molecule has 0 radical (unpaired) electrons. The van der Waals surface area contributed by atoms with Crippen molar-refractivity contribution >= 4 is 0 Å². The zero-order valence-corrected chi connectivity index (χ0v) is 8.00. The van der Waals surface area contributed by atoms with Gasteiger partial charge in [0.2, 0.25) is 0 Å². The van der Waals surface area contributed by atoms with Crippen molar-refractivity contribution in [1.82, 2.24) is 0 Å². The van der Waals surface area contributed by atoms with Crippen molar-refractivity contribution in [2.75, 3.05) is 13.7 Å². The molecule has 0 saturated carbocycles. The number of hydrogen-bond acceptors (Lipinski definition) is 2. The van der Waals surface area contributed by atoms with E-state index in [1.807, 2.05) is 0 Å². The van der Waals surface area contributed by atoms with Gasteiger partial charge in [-0.1, -0.05) is 20.8 Å². The number of aliphatic hydroxyl groups excluding tert-OH is 1. The van der Waals surface area contributed by atoms with E-state index in [1.54, 1.807) is 7.11 Å². The molecular weight excluding hydrogens is 140 g/mol. The van der Waals surface area contributed by atoms with Gasteiger partial charge in [-0.2, -0.15) is 0 Å². The summed E-state index contributed by atoms with van der Waals surface area (Å²) in [6.07, 6.45) is 1.12. The molecular formula is C9H20O2. The number of hydrogen-bond donors (Lipinski definition) is 1. The normalized spacial score (nSPS) is 16.9. The maximum atomic E-state index is 8.88. The molecule has 0 aliphatic rings. The summed E-state index contributed by atoms with van der Waals surface area (Å²) in [5.74, 6) is 1.12. The highest BCUT2D eigenvalue weighted by atomic mass is 16.5. The minimum atomic E-state index is 0.0115. The van der Waals surface area contributed by atoms with Gasteiger partial charge < -0.3 is 9.84 Å². The third-order valence-electron chi connectivity index (χ3n) is 1.96. The van der Waals surface area contributed by atoms with Gasteiger partial charge in [0.15, 0.2) is 0 Å². The Hall–Kier alpha value is -0.0800. The Morgan fingerprint density at radius 1 is 1.27 bits per heavy atom. The molecule has 0 aliphatic carbocycles.